The molecule has 3 unspecified atom stereocenters. The van der Waals surface area contributed by atoms with Crippen molar-refractivity contribution in [2.45, 2.75) is 44.2 Å². The zero-order valence-electron chi connectivity index (χ0n) is 19.0. The molecule has 3 aliphatic heterocycles. The lowest BCUT2D eigenvalue weighted by atomic mass is 9.68. The number of fused-ring (bicyclic) bond motifs is 4. The number of ketones is 1. The van der Waals surface area contributed by atoms with Gasteiger partial charge in [-0.1, -0.05) is 77.9 Å². The topological polar surface area (TPSA) is 49.4 Å². The van der Waals surface area contributed by atoms with Crippen molar-refractivity contribution < 1.29 is 9.59 Å². The molecule has 4 nitrogen and oxygen atoms in total. The molecule has 4 heteroatoms. The van der Waals surface area contributed by atoms with Gasteiger partial charge in [-0.25, -0.2) is 0 Å². The Morgan fingerprint density at radius 1 is 0.970 bits per heavy atom. The number of amides is 1. The first-order valence-corrected chi connectivity index (χ1v) is 11.9. The number of benzene rings is 3. The zero-order chi connectivity index (χ0) is 22.7. The highest BCUT2D eigenvalue weighted by Crippen LogP contribution is 2.61. The van der Waals surface area contributed by atoms with Gasteiger partial charge in [-0.2, -0.15) is 0 Å². The van der Waals surface area contributed by atoms with Crippen LogP contribution in [0.1, 0.15) is 51.4 Å². The maximum atomic E-state index is 14.4. The van der Waals surface area contributed by atoms with Gasteiger partial charge >= 0.3 is 0 Å². The van der Waals surface area contributed by atoms with Gasteiger partial charge in [-0.3, -0.25) is 14.5 Å². The van der Waals surface area contributed by atoms with E-state index < -0.39 is 11.5 Å². The number of nitrogens with zero attached hydrogens (tertiary/aromatic N) is 1. The first kappa shape index (κ1) is 20.4. The van der Waals surface area contributed by atoms with Crippen LogP contribution in [0.3, 0.4) is 0 Å². The average Bonchev–Trinajstić information content (AvgIpc) is 3.48. The Hall–Kier alpha value is -3.24. The zero-order valence-corrected chi connectivity index (χ0v) is 19.0. The minimum absolute atomic E-state index is 0.0419. The highest BCUT2D eigenvalue weighted by Gasteiger charge is 2.69. The molecule has 33 heavy (non-hydrogen) atoms. The molecule has 0 aliphatic carbocycles. The number of carbonyl (C=O) groups is 2. The average molecular weight is 437 g/mol. The van der Waals surface area contributed by atoms with E-state index in [9.17, 15) is 9.59 Å². The van der Waals surface area contributed by atoms with Crippen LogP contribution in [0.4, 0.5) is 5.69 Å². The summed E-state index contributed by atoms with van der Waals surface area (Å²) in [5.41, 5.74) is 4.87. The Morgan fingerprint density at radius 3 is 2.45 bits per heavy atom. The summed E-state index contributed by atoms with van der Waals surface area (Å²) in [6.45, 7) is 4.91. The monoisotopic (exact) mass is 436 g/mol. The van der Waals surface area contributed by atoms with Crippen molar-refractivity contribution in [3.63, 3.8) is 0 Å². The number of hydrogen-bond donors (Lipinski definition) is 1. The second kappa shape index (κ2) is 7.39. The predicted molar refractivity (Wildman–Crippen MR) is 129 cm³/mol. The molecule has 1 amide bonds. The Balaban J connectivity index is 1.62. The molecule has 0 radical (unpaired) electrons. The van der Waals surface area contributed by atoms with Crippen LogP contribution >= 0.6 is 0 Å². The van der Waals surface area contributed by atoms with Crippen molar-refractivity contribution in [2.24, 2.45) is 5.92 Å². The SMILES string of the molecule is Cc1ccc(C(=O)C2C(c3ccccc3)C3CCCN3[C@@]23C(=O)Nc2ccc(C)cc23)cc1. The minimum Gasteiger partial charge on any atom is -0.324 e. The highest BCUT2D eigenvalue weighted by atomic mass is 16.2. The van der Waals surface area contributed by atoms with E-state index in [1.54, 1.807) is 0 Å². The lowest BCUT2D eigenvalue weighted by Crippen LogP contribution is -2.52. The fraction of sp³-hybridized carbons (Fsp3) is 0.310. The summed E-state index contributed by atoms with van der Waals surface area (Å²) in [5.74, 6) is -0.530. The smallest absolute Gasteiger partial charge is 0.250 e. The van der Waals surface area contributed by atoms with Crippen LogP contribution in [0.25, 0.3) is 0 Å². The second-order valence-electron chi connectivity index (χ2n) is 9.82. The maximum Gasteiger partial charge on any atom is 0.250 e. The first-order valence-electron chi connectivity index (χ1n) is 11.9. The molecular weight excluding hydrogens is 408 g/mol. The highest BCUT2D eigenvalue weighted by molar-refractivity contribution is 6.12. The van der Waals surface area contributed by atoms with Crippen LogP contribution in [0.15, 0.2) is 72.8 Å². The molecule has 1 spiro atoms. The normalized spacial score (nSPS) is 28.1. The van der Waals surface area contributed by atoms with Gasteiger partial charge in [-0.05, 0) is 44.9 Å². The Bertz CT molecular complexity index is 1250. The predicted octanol–water partition coefficient (Wildman–Crippen LogP) is 5.21. The summed E-state index contributed by atoms with van der Waals surface area (Å²) in [4.78, 5) is 30.7. The van der Waals surface area contributed by atoms with Crippen molar-refractivity contribution in [3.8, 4) is 0 Å². The van der Waals surface area contributed by atoms with E-state index in [0.717, 1.165) is 47.3 Å². The molecule has 3 aromatic rings. The molecule has 3 aliphatic rings. The number of anilines is 1. The van der Waals surface area contributed by atoms with Crippen LogP contribution in [0, 0.1) is 19.8 Å². The van der Waals surface area contributed by atoms with Gasteiger partial charge < -0.3 is 5.32 Å². The quantitative estimate of drug-likeness (QED) is 0.573. The number of hydrogen-bond acceptors (Lipinski definition) is 3. The molecule has 1 N–H and O–H groups in total. The number of carbonyl (C=O) groups excluding carboxylic acids is 2. The van der Waals surface area contributed by atoms with Crippen LogP contribution in [0.2, 0.25) is 0 Å². The van der Waals surface area contributed by atoms with Crippen LogP contribution < -0.4 is 5.32 Å². The fourth-order valence-electron chi connectivity index (χ4n) is 6.62. The molecule has 6 rings (SSSR count). The number of rotatable bonds is 3. The third-order valence-electron chi connectivity index (χ3n) is 7.96. The molecular formula is C29H28N2O2. The van der Waals surface area contributed by atoms with Gasteiger partial charge in [0.1, 0.15) is 5.54 Å². The third-order valence-corrected chi connectivity index (χ3v) is 7.96. The van der Waals surface area contributed by atoms with Gasteiger partial charge in [0, 0.05) is 28.8 Å². The standard InChI is InChI=1S/C29H28N2O2/c1-18-10-13-21(14-11-18)27(32)26-25(20-7-4-3-5-8-20)24-9-6-16-31(24)29(26)22-17-19(2)12-15-23(22)30-28(29)33/h3-5,7-8,10-15,17,24-26H,6,9,16H2,1-2H3,(H,30,33)/t24?,25?,26?,29-/m1/s1. The van der Waals surface area contributed by atoms with Crippen molar-refractivity contribution in [1.82, 2.24) is 4.90 Å². The van der Waals surface area contributed by atoms with Gasteiger partial charge in [0.15, 0.2) is 5.78 Å². The van der Waals surface area contributed by atoms with Gasteiger partial charge in [0.2, 0.25) is 5.91 Å². The maximum absolute atomic E-state index is 14.4. The largest absolute Gasteiger partial charge is 0.324 e. The van der Waals surface area contributed by atoms with E-state index >= 15 is 0 Å². The summed E-state index contributed by atoms with van der Waals surface area (Å²) in [6, 6.07) is 24.4. The first-order chi connectivity index (χ1) is 16.0. The number of Topliss-reactive ketones (excluding diaryl/α,β-unsaturated/α-hetero) is 1. The van der Waals surface area contributed by atoms with Gasteiger partial charge in [-0.15, -0.1) is 0 Å². The molecule has 2 fully saturated rings. The summed E-state index contributed by atoms with van der Waals surface area (Å²) in [5, 5.41) is 3.15. The molecule has 0 bridgehead atoms. The molecule has 4 atom stereocenters. The lowest BCUT2D eigenvalue weighted by molar-refractivity contribution is -0.127. The Morgan fingerprint density at radius 2 is 1.70 bits per heavy atom. The fourth-order valence-corrected chi connectivity index (χ4v) is 6.62. The van der Waals surface area contributed by atoms with E-state index in [1.165, 1.54) is 0 Å². The minimum atomic E-state index is -0.981. The molecule has 0 aromatic heterocycles. The number of nitrogens with one attached hydrogen (secondary N) is 1. The van der Waals surface area contributed by atoms with Crippen LogP contribution in [-0.2, 0) is 10.3 Å². The van der Waals surface area contributed by atoms with Crippen molar-refractivity contribution >= 4 is 17.4 Å². The van der Waals surface area contributed by atoms with Crippen molar-refractivity contribution in [3.05, 3.63) is 101 Å². The van der Waals surface area contributed by atoms with E-state index in [-0.39, 0.29) is 23.7 Å². The van der Waals surface area contributed by atoms with E-state index in [0.29, 0.717) is 5.56 Å². The lowest BCUT2D eigenvalue weighted by Gasteiger charge is -2.37. The third kappa shape index (κ3) is 2.80. The Kier molecular flexibility index (Phi) is 4.56. The summed E-state index contributed by atoms with van der Waals surface area (Å²) < 4.78 is 0. The number of aryl methyl sites for hydroxylation is 2. The van der Waals surface area contributed by atoms with E-state index in [4.69, 9.17) is 0 Å². The van der Waals surface area contributed by atoms with Crippen molar-refractivity contribution in [2.75, 3.05) is 11.9 Å². The van der Waals surface area contributed by atoms with Crippen LogP contribution in [-0.4, -0.2) is 29.2 Å². The van der Waals surface area contributed by atoms with Gasteiger partial charge in [0.25, 0.3) is 0 Å². The van der Waals surface area contributed by atoms with E-state index in [2.05, 4.69) is 35.3 Å². The molecule has 3 aromatic carbocycles. The van der Waals surface area contributed by atoms with E-state index in [1.807, 2.05) is 61.5 Å². The molecule has 2 saturated heterocycles. The Labute approximate surface area is 194 Å². The van der Waals surface area contributed by atoms with Crippen LogP contribution in [0.5, 0.6) is 0 Å². The summed E-state index contributed by atoms with van der Waals surface area (Å²) in [6.07, 6.45) is 2.03. The molecule has 0 saturated carbocycles. The van der Waals surface area contributed by atoms with Crippen molar-refractivity contribution in [1.29, 1.82) is 0 Å². The molecule has 3 heterocycles. The molecule has 166 valence electrons. The second-order valence-corrected chi connectivity index (χ2v) is 9.82. The summed E-state index contributed by atoms with van der Waals surface area (Å²) in [7, 11) is 0. The van der Waals surface area contributed by atoms with Gasteiger partial charge in [0.05, 0.1) is 5.92 Å². The summed E-state index contributed by atoms with van der Waals surface area (Å²) >= 11 is 0.